The summed E-state index contributed by atoms with van der Waals surface area (Å²) in [7, 11) is 0. The van der Waals surface area contributed by atoms with Gasteiger partial charge in [0, 0.05) is 20.1 Å². The van der Waals surface area contributed by atoms with E-state index in [0.29, 0.717) is 0 Å². The summed E-state index contributed by atoms with van der Waals surface area (Å²) in [4.78, 5) is 0. The first-order valence-corrected chi connectivity index (χ1v) is 2.42. The minimum absolute atomic E-state index is 0. The zero-order valence-corrected chi connectivity index (χ0v) is 6.50. The van der Waals surface area contributed by atoms with Gasteiger partial charge in [0.05, 0.1) is 0 Å². The second-order valence-corrected chi connectivity index (χ2v) is 0.493. The van der Waals surface area contributed by atoms with Crippen molar-refractivity contribution in [1.82, 2.24) is 0 Å². The Morgan fingerprint density at radius 1 is 1.25 bits per heavy atom. The molecule has 0 saturated heterocycles. The van der Waals surface area contributed by atoms with Gasteiger partial charge >= 0.3 is 28.9 Å². The summed E-state index contributed by atoms with van der Waals surface area (Å²) >= 11 is -2.27. The van der Waals surface area contributed by atoms with Crippen molar-refractivity contribution in [1.29, 1.82) is 0 Å². The first-order chi connectivity index (χ1) is 1.41. The van der Waals surface area contributed by atoms with Crippen LogP contribution in [0.5, 0.6) is 0 Å². The fourth-order valence-corrected chi connectivity index (χ4v) is 0. The molecule has 0 amide bonds. The Hall–Kier alpha value is 1.13. The van der Waals surface area contributed by atoms with Crippen LogP contribution in [-0.4, -0.2) is 0 Å². The van der Waals surface area contributed by atoms with Gasteiger partial charge in [-0.3, -0.25) is 0 Å². The van der Waals surface area contributed by atoms with Gasteiger partial charge in [-0.05, 0) is 0 Å². The van der Waals surface area contributed by atoms with Crippen LogP contribution in [0.25, 0.3) is 0 Å². The van der Waals surface area contributed by atoms with E-state index in [1.807, 2.05) is 0 Å². The second-order valence-electron chi connectivity index (χ2n) is 0.0833. The second kappa shape index (κ2) is 8.92. The van der Waals surface area contributed by atoms with Crippen molar-refractivity contribution in [3.8, 4) is 0 Å². The van der Waals surface area contributed by atoms with Crippen LogP contribution in [0.3, 0.4) is 0 Å². The molecule has 1 radical (unpaired) electrons. The van der Waals surface area contributed by atoms with Gasteiger partial charge < -0.3 is 0 Å². The van der Waals surface area contributed by atoms with E-state index >= 15 is 0 Å². The molecular formula is IrO2Zr. The summed E-state index contributed by atoms with van der Waals surface area (Å²) in [5.74, 6) is 0. The van der Waals surface area contributed by atoms with Crippen LogP contribution in [0, 0.1) is 0 Å². The SMILES string of the molecule is [Ir].[O]=[Zr]=[O]. The third-order valence-corrected chi connectivity index (χ3v) is 0. The molecule has 0 saturated carbocycles. The zero-order chi connectivity index (χ0) is 2.71. The Kier molecular flexibility index (Phi) is 19.9. The summed E-state index contributed by atoms with van der Waals surface area (Å²) < 4.78 is 17.1. The number of hydrogen-bond donors (Lipinski definition) is 0. The van der Waals surface area contributed by atoms with Crippen LogP contribution in [0.4, 0.5) is 0 Å². The maximum absolute atomic E-state index is 8.54. The maximum atomic E-state index is 8.54. The van der Waals surface area contributed by atoms with Crippen molar-refractivity contribution in [2.75, 3.05) is 0 Å². The topological polar surface area (TPSA) is 34.1 Å². The van der Waals surface area contributed by atoms with Crippen LogP contribution in [0.1, 0.15) is 0 Å². The molecule has 0 aliphatic rings. The number of rotatable bonds is 0. The van der Waals surface area contributed by atoms with Gasteiger partial charge in [-0.25, -0.2) is 0 Å². The zero-order valence-electron chi connectivity index (χ0n) is 1.65. The molecule has 25 valence electrons. The molecule has 0 aromatic heterocycles. The van der Waals surface area contributed by atoms with Crippen LogP contribution < -0.4 is 0 Å². The molecular weight excluding hydrogens is 315 g/mol. The normalized spacial score (nSPS) is 2.00. The molecule has 0 unspecified atom stereocenters. The Balaban J connectivity index is 0. The van der Waals surface area contributed by atoms with Crippen molar-refractivity contribution in [3.63, 3.8) is 0 Å². The molecule has 0 spiro atoms. The van der Waals surface area contributed by atoms with Crippen molar-refractivity contribution in [3.05, 3.63) is 0 Å². The molecule has 0 heterocycles. The van der Waals surface area contributed by atoms with Crippen LogP contribution in [0.2, 0.25) is 0 Å². The van der Waals surface area contributed by atoms with Gasteiger partial charge in [-0.15, -0.1) is 0 Å². The van der Waals surface area contributed by atoms with E-state index in [4.69, 9.17) is 5.63 Å². The summed E-state index contributed by atoms with van der Waals surface area (Å²) in [6.45, 7) is 0. The van der Waals surface area contributed by atoms with Crippen molar-refractivity contribution >= 4 is 0 Å². The van der Waals surface area contributed by atoms with E-state index in [9.17, 15) is 0 Å². The predicted octanol–water partition coefficient (Wildman–Crippen LogP) is -0.243. The molecule has 2 nitrogen and oxygen atoms in total. The first kappa shape index (κ1) is 8.93. The Morgan fingerprint density at radius 2 is 1.25 bits per heavy atom. The minimum atomic E-state index is -2.27. The average molecular weight is 315 g/mol. The van der Waals surface area contributed by atoms with Gasteiger partial charge in [0.2, 0.25) is 0 Å². The van der Waals surface area contributed by atoms with Gasteiger partial charge in [0.15, 0.2) is 0 Å². The van der Waals surface area contributed by atoms with Gasteiger partial charge in [0.25, 0.3) is 0 Å². The third-order valence-electron chi connectivity index (χ3n) is 0. The standard InChI is InChI=1S/Ir.2O.Zr. The van der Waals surface area contributed by atoms with Crippen LogP contribution in [0.15, 0.2) is 0 Å². The quantitative estimate of drug-likeness (QED) is 0.618. The molecule has 4 heavy (non-hydrogen) atoms. The third kappa shape index (κ3) is 11.1. The molecule has 0 aliphatic carbocycles. The molecule has 0 rings (SSSR count). The van der Waals surface area contributed by atoms with Gasteiger partial charge in [0.1, 0.15) is 0 Å². The molecule has 0 bridgehead atoms. The Labute approximate surface area is 48.8 Å². The Morgan fingerprint density at radius 3 is 1.25 bits per heavy atom. The van der Waals surface area contributed by atoms with Crippen molar-refractivity contribution in [2.45, 2.75) is 0 Å². The summed E-state index contributed by atoms with van der Waals surface area (Å²) in [6.07, 6.45) is 0. The average Bonchev–Trinajstić information content (AvgIpc) is 0.918. The monoisotopic (exact) mass is 315 g/mol. The van der Waals surface area contributed by atoms with Crippen LogP contribution in [-0.2, 0) is 49.0 Å². The predicted molar refractivity (Wildman–Crippen MR) is 1.37 cm³/mol. The summed E-state index contributed by atoms with van der Waals surface area (Å²) in [5.41, 5.74) is 0. The molecule has 0 aromatic carbocycles. The molecule has 4 heteroatoms. The molecule has 0 fully saturated rings. The fraction of sp³-hybridized carbons (Fsp3) is 0. The van der Waals surface area contributed by atoms with Crippen LogP contribution >= 0.6 is 0 Å². The van der Waals surface area contributed by atoms with E-state index in [-0.39, 0.29) is 20.1 Å². The van der Waals surface area contributed by atoms with E-state index in [1.165, 1.54) is 0 Å². The first-order valence-electron chi connectivity index (χ1n) is 0.408. The molecule has 0 aliphatic heterocycles. The Bertz CT molecular complexity index is 27.0. The van der Waals surface area contributed by atoms with Gasteiger partial charge in [-0.1, -0.05) is 0 Å². The molecule has 0 N–H and O–H groups in total. The summed E-state index contributed by atoms with van der Waals surface area (Å²) in [6, 6.07) is 0. The van der Waals surface area contributed by atoms with Crippen molar-refractivity contribution < 1.29 is 49.0 Å². The summed E-state index contributed by atoms with van der Waals surface area (Å²) in [5, 5.41) is 0. The number of hydrogen-bond acceptors (Lipinski definition) is 2. The van der Waals surface area contributed by atoms with E-state index in [0.717, 1.165) is 0 Å². The van der Waals surface area contributed by atoms with Gasteiger partial charge in [-0.2, -0.15) is 0 Å². The van der Waals surface area contributed by atoms with E-state index < -0.39 is 23.2 Å². The van der Waals surface area contributed by atoms with Crippen molar-refractivity contribution in [2.24, 2.45) is 0 Å². The molecule has 0 aromatic rings. The fourth-order valence-electron chi connectivity index (χ4n) is 0. The van der Waals surface area contributed by atoms with E-state index in [2.05, 4.69) is 0 Å². The van der Waals surface area contributed by atoms with E-state index in [1.54, 1.807) is 0 Å². The molecule has 0 atom stereocenters.